The van der Waals surface area contributed by atoms with Crippen LogP contribution in [0.3, 0.4) is 0 Å². The van der Waals surface area contributed by atoms with Crippen molar-refractivity contribution in [1.82, 2.24) is 0 Å². The Kier molecular flexibility index (Phi) is 6.20. The summed E-state index contributed by atoms with van der Waals surface area (Å²) in [5, 5.41) is 32.0. The predicted octanol–water partition coefficient (Wildman–Crippen LogP) is 2.54. The molecular weight excluding hydrogens is 509 g/mol. The summed E-state index contributed by atoms with van der Waals surface area (Å²) >= 11 is 0. The summed E-state index contributed by atoms with van der Waals surface area (Å²) in [4.78, 5) is 15.2. The number of anilines is 2. The number of aliphatic hydroxyl groups is 3. The fraction of sp³-hybridized carbons (Fsp3) is 0.500. The van der Waals surface area contributed by atoms with Crippen LogP contribution in [0.25, 0.3) is 0 Å². The van der Waals surface area contributed by atoms with Crippen LogP contribution < -0.4 is 24.4 Å². The molecule has 0 aromatic heterocycles. The van der Waals surface area contributed by atoms with Crippen LogP contribution in [0, 0.1) is 11.2 Å². The zero-order valence-electron chi connectivity index (χ0n) is 21.1. The second kappa shape index (κ2) is 8.92. The van der Waals surface area contributed by atoms with Crippen molar-refractivity contribution in [3.8, 4) is 17.2 Å². The molecule has 4 N–H and O–H groups in total. The molecule has 3 aliphatic heterocycles. The first kappa shape index (κ1) is 26.4. The molecule has 0 saturated heterocycles. The molecule has 1 unspecified atom stereocenters. The Bertz CT molecular complexity index is 1290. The molecule has 2 aromatic carbocycles. The highest BCUT2D eigenvalue weighted by atomic mass is 19.3. The number of rotatable bonds is 7. The molecule has 3 heterocycles. The lowest BCUT2D eigenvalue weighted by molar-refractivity contribution is -0.286. The van der Waals surface area contributed by atoms with Crippen molar-refractivity contribution in [2.45, 2.75) is 51.0 Å². The summed E-state index contributed by atoms with van der Waals surface area (Å²) in [6.45, 7) is 4.53. The minimum atomic E-state index is -3.83. The largest absolute Gasteiger partial charge is 0.586 e. The third kappa shape index (κ3) is 4.30. The minimum absolute atomic E-state index is 0.0318. The van der Waals surface area contributed by atoms with Crippen LogP contribution in [0.1, 0.15) is 31.9 Å². The summed E-state index contributed by atoms with van der Waals surface area (Å²) in [6, 6.07) is 4.96. The Hall–Kier alpha value is -3.22. The van der Waals surface area contributed by atoms with E-state index in [1.807, 2.05) is 13.8 Å². The molecule has 0 radical (unpaired) electrons. The van der Waals surface area contributed by atoms with Crippen molar-refractivity contribution in [1.29, 1.82) is 0 Å². The maximum absolute atomic E-state index is 15.3. The van der Waals surface area contributed by atoms with E-state index in [-0.39, 0.29) is 48.7 Å². The van der Waals surface area contributed by atoms with E-state index in [0.29, 0.717) is 23.2 Å². The fourth-order valence-electron chi connectivity index (χ4n) is 5.21. The second-order valence-corrected chi connectivity index (χ2v) is 10.9. The van der Waals surface area contributed by atoms with Gasteiger partial charge in [-0.2, -0.15) is 0 Å². The minimum Gasteiger partial charge on any atom is -0.492 e. The molecule has 3 aliphatic rings. The lowest BCUT2D eigenvalue weighted by Gasteiger charge is -2.39. The van der Waals surface area contributed by atoms with Gasteiger partial charge in [-0.1, -0.05) is 13.8 Å². The van der Waals surface area contributed by atoms with Gasteiger partial charge in [0.1, 0.15) is 23.6 Å². The molecule has 1 amide bonds. The SMILES string of the molecule is CC1(C(=O)Nc2cc3c(cc2F)N(C[C@@H](O)CO)[C@H](C(C)(C)CO)C3)COc2cc3c(cc21)OC(F)(F)O3. The predicted molar refractivity (Wildman–Crippen MR) is 129 cm³/mol. The van der Waals surface area contributed by atoms with Gasteiger partial charge in [0, 0.05) is 35.3 Å². The molecule has 0 spiro atoms. The number of β-amino-alcohol motifs (C(OH)–C–C–N with tert-alkyl or cyclic N) is 1. The van der Waals surface area contributed by atoms with Crippen LogP contribution in [-0.4, -0.2) is 66.0 Å². The van der Waals surface area contributed by atoms with E-state index in [0.717, 1.165) is 0 Å². The molecule has 0 bridgehead atoms. The molecule has 0 fully saturated rings. The standard InChI is InChI=1S/C26H29F3N2O7/c1-24(2,11-33)22-5-13-4-17(16(27)7-18(13)31(22)9-14(34)10-32)30-23(35)25(3)12-36-19-8-21-20(6-15(19)25)37-26(28,29)38-21/h4,6-8,14,22,32-34H,5,9-12H2,1-3H3,(H,30,35)/t14-,22+,25?/m1/s1. The fourth-order valence-corrected chi connectivity index (χ4v) is 5.21. The number of alkyl halides is 2. The van der Waals surface area contributed by atoms with Gasteiger partial charge in [-0.3, -0.25) is 4.79 Å². The smallest absolute Gasteiger partial charge is 0.492 e. The van der Waals surface area contributed by atoms with Crippen molar-refractivity contribution in [3.63, 3.8) is 0 Å². The third-order valence-electron chi connectivity index (χ3n) is 7.56. The molecule has 38 heavy (non-hydrogen) atoms. The van der Waals surface area contributed by atoms with Crippen LogP contribution in [0.2, 0.25) is 0 Å². The Morgan fingerprint density at radius 2 is 1.87 bits per heavy atom. The first-order valence-electron chi connectivity index (χ1n) is 12.2. The highest BCUT2D eigenvalue weighted by Crippen LogP contribution is 2.50. The maximum atomic E-state index is 15.3. The third-order valence-corrected chi connectivity index (χ3v) is 7.56. The first-order chi connectivity index (χ1) is 17.8. The van der Waals surface area contributed by atoms with Gasteiger partial charge in [-0.05, 0) is 37.1 Å². The molecule has 9 nitrogen and oxygen atoms in total. The molecule has 2 aromatic rings. The number of hydrogen-bond acceptors (Lipinski definition) is 8. The Morgan fingerprint density at radius 3 is 2.53 bits per heavy atom. The van der Waals surface area contributed by atoms with Crippen molar-refractivity contribution in [2.24, 2.45) is 5.41 Å². The van der Waals surface area contributed by atoms with E-state index < -0.39 is 41.6 Å². The van der Waals surface area contributed by atoms with Crippen LogP contribution >= 0.6 is 0 Å². The van der Waals surface area contributed by atoms with Crippen molar-refractivity contribution in [2.75, 3.05) is 36.6 Å². The van der Waals surface area contributed by atoms with E-state index in [2.05, 4.69) is 14.8 Å². The van der Waals surface area contributed by atoms with Crippen LogP contribution in [-0.2, 0) is 16.6 Å². The number of halogens is 3. The Balaban J connectivity index is 1.43. The molecule has 5 rings (SSSR count). The zero-order chi connectivity index (χ0) is 27.6. The highest BCUT2D eigenvalue weighted by Gasteiger charge is 2.49. The van der Waals surface area contributed by atoms with Gasteiger partial charge in [-0.15, -0.1) is 8.78 Å². The number of ether oxygens (including phenoxy) is 3. The van der Waals surface area contributed by atoms with E-state index >= 15 is 4.39 Å². The number of aliphatic hydroxyl groups excluding tert-OH is 3. The summed E-state index contributed by atoms with van der Waals surface area (Å²) < 4.78 is 56.9. The zero-order valence-corrected chi connectivity index (χ0v) is 21.1. The van der Waals surface area contributed by atoms with Gasteiger partial charge >= 0.3 is 6.29 Å². The summed E-state index contributed by atoms with van der Waals surface area (Å²) in [7, 11) is 0. The quantitative estimate of drug-likeness (QED) is 0.425. The van der Waals surface area contributed by atoms with Gasteiger partial charge in [-0.25, -0.2) is 4.39 Å². The van der Waals surface area contributed by atoms with Gasteiger partial charge in [0.15, 0.2) is 11.5 Å². The lowest BCUT2D eigenvalue weighted by Crippen LogP contribution is -2.48. The second-order valence-electron chi connectivity index (χ2n) is 10.9. The number of hydrogen-bond donors (Lipinski definition) is 4. The average molecular weight is 539 g/mol. The molecule has 0 aliphatic carbocycles. The number of nitrogens with one attached hydrogen (secondary N) is 1. The summed E-state index contributed by atoms with van der Waals surface area (Å²) in [5.74, 6) is -1.59. The maximum Gasteiger partial charge on any atom is 0.586 e. The average Bonchev–Trinajstić information content (AvgIpc) is 3.48. The van der Waals surface area contributed by atoms with Gasteiger partial charge in [0.05, 0.1) is 25.0 Å². The molecule has 3 atom stereocenters. The number of amides is 1. The van der Waals surface area contributed by atoms with Gasteiger partial charge in [0.25, 0.3) is 0 Å². The highest BCUT2D eigenvalue weighted by molar-refractivity contribution is 6.00. The van der Waals surface area contributed by atoms with Crippen LogP contribution in [0.15, 0.2) is 24.3 Å². The summed E-state index contributed by atoms with van der Waals surface area (Å²) in [5.41, 5.74) is -0.553. The van der Waals surface area contributed by atoms with E-state index in [1.54, 1.807) is 11.8 Å². The lowest BCUT2D eigenvalue weighted by atomic mass is 9.83. The van der Waals surface area contributed by atoms with Gasteiger partial charge in [0.2, 0.25) is 5.91 Å². The monoisotopic (exact) mass is 538 g/mol. The number of nitrogens with zero attached hydrogens (tertiary/aromatic N) is 1. The van der Waals surface area contributed by atoms with E-state index in [4.69, 9.17) is 4.74 Å². The molecule has 12 heteroatoms. The normalized spacial score (nSPS) is 23.6. The van der Waals surface area contributed by atoms with Crippen molar-refractivity contribution < 1.29 is 47.5 Å². The molecule has 206 valence electrons. The number of benzene rings is 2. The van der Waals surface area contributed by atoms with Crippen LogP contribution in [0.5, 0.6) is 17.2 Å². The Morgan fingerprint density at radius 1 is 1.18 bits per heavy atom. The van der Waals surface area contributed by atoms with Gasteiger partial charge < -0.3 is 39.7 Å². The van der Waals surface area contributed by atoms with E-state index in [1.165, 1.54) is 24.3 Å². The topological polar surface area (TPSA) is 121 Å². The first-order valence-corrected chi connectivity index (χ1v) is 12.2. The van der Waals surface area contributed by atoms with Crippen LogP contribution in [0.4, 0.5) is 24.5 Å². The summed E-state index contributed by atoms with van der Waals surface area (Å²) in [6.07, 6.45) is -4.49. The Labute approximate surface area is 216 Å². The number of carbonyl (C=O) groups is 1. The number of carbonyl (C=O) groups excluding carboxylic acids is 1. The molecule has 0 saturated carbocycles. The van der Waals surface area contributed by atoms with E-state index in [9.17, 15) is 28.9 Å². The van der Waals surface area contributed by atoms with Crippen molar-refractivity contribution in [3.05, 3.63) is 41.2 Å². The van der Waals surface area contributed by atoms with Crippen molar-refractivity contribution >= 4 is 17.3 Å². The number of fused-ring (bicyclic) bond motifs is 3. The molecular formula is C26H29F3N2O7.